The van der Waals surface area contributed by atoms with Gasteiger partial charge in [0.2, 0.25) is 0 Å². The summed E-state index contributed by atoms with van der Waals surface area (Å²) in [5, 5.41) is 3.01. The molecule has 1 aliphatic rings. The monoisotopic (exact) mass is 306 g/mol. The van der Waals surface area contributed by atoms with Gasteiger partial charge in [-0.2, -0.15) is 0 Å². The highest BCUT2D eigenvalue weighted by Gasteiger charge is 2.31. The molecule has 0 radical (unpaired) electrons. The molecule has 0 spiro atoms. The molecule has 22 heavy (non-hydrogen) atoms. The summed E-state index contributed by atoms with van der Waals surface area (Å²) < 4.78 is 11.0. The molecule has 1 aromatic carbocycles. The highest BCUT2D eigenvalue weighted by atomic mass is 16.5. The maximum atomic E-state index is 12.3. The molecule has 1 unspecified atom stereocenters. The second-order valence-electron chi connectivity index (χ2n) is 5.72. The Morgan fingerprint density at radius 3 is 2.77 bits per heavy atom. The highest BCUT2D eigenvalue weighted by Crippen LogP contribution is 2.33. The van der Waals surface area contributed by atoms with E-state index in [1.54, 1.807) is 25.3 Å². The van der Waals surface area contributed by atoms with E-state index in [-0.39, 0.29) is 11.9 Å². The molecule has 5 heteroatoms. The lowest BCUT2D eigenvalue weighted by Crippen LogP contribution is -2.41. The Kier molecular flexibility index (Phi) is 6.07. The van der Waals surface area contributed by atoms with E-state index in [0.717, 1.165) is 25.7 Å². The van der Waals surface area contributed by atoms with Crippen molar-refractivity contribution < 1.29 is 14.3 Å². The highest BCUT2D eigenvalue weighted by molar-refractivity contribution is 5.95. The molecule has 0 aromatic heterocycles. The van der Waals surface area contributed by atoms with Gasteiger partial charge in [-0.15, -0.1) is 0 Å². The third-order valence-electron chi connectivity index (χ3n) is 3.94. The number of amides is 1. The number of rotatable bonds is 9. The quantitative estimate of drug-likeness (QED) is 0.687. The van der Waals surface area contributed by atoms with E-state index in [2.05, 4.69) is 12.2 Å². The van der Waals surface area contributed by atoms with Gasteiger partial charge in [-0.25, -0.2) is 0 Å². The van der Waals surface area contributed by atoms with Gasteiger partial charge in [-0.05, 0) is 43.4 Å². The van der Waals surface area contributed by atoms with Crippen molar-refractivity contribution in [1.29, 1.82) is 0 Å². The summed E-state index contributed by atoms with van der Waals surface area (Å²) in [5.74, 6) is 1.68. The Morgan fingerprint density at radius 1 is 1.41 bits per heavy atom. The largest absolute Gasteiger partial charge is 0.493 e. The SMILES string of the molecule is CCCCOc1ccc(C(=O)NC(CN)C2CC2)cc1OC. The van der Waals surface area contributed by atoms with Crippen LogP contribution in [0.1, 0.15) is 43.0 Å². The summed E-state index contributed by atoms with van der Waals surface area (Å²) in [6, 6.07) is 5.34. The molecule has 5 nitrogen and oxygen atoms in total. The number of methoxy groups -OCH3 is 1. The average Bonchev–Trinajstić information content (AvgIpc) is 3.37. The molecule has 1 fully saturated rings. The van der Waals surface area contributed by atoms with Crippen LogP contribution in [0.15, 0.2) is 18.2 Å². The minimum atomic E-state index is -0.110. The van der Waals surface area contributed by atoms with Crippen LogP contribution in [-0.2, 0) is 0 Å². The second kappa shape index (κ2) is 8.03. The number of ether oxygens (including phenoxy) is 2. The molecule has 1 saturated carbocycles. The van der Waals surface area contributed by atoms with Gasteiger partial charge in [-0.3, -0.25) is 4.79 Å². The molecule has 3 N–H and O–H groups in total. The summed E-state index contributed by atoms with van der Waals surface area (Å²) in [4.78, 5) is 12.3. The zero-order valence-electron chi connectivity index (χ0n) is 13.4. The fourth-order valence-corrected chi connectivity index (χ4v) is 2.37. The van der Waals surface area contributed by atoms with Gasteiger partial charge in [-0.1, -0.05) is 13.3 Å². The first-order valence-corrected chi connectivity index (χ1v) is 8.01. The van der Waals surface area contributed by atoms with Gasteiger partial charge in [0.25, 0.3) is 5.91 Å². The Morgan fingerprint density at radius 2 is 2.18 bits per heavy atom. The van der Waals surface area contributed by atoms with Crippen LogP contribution in [0, 0.1) is 5.92 Å². The van der Waals surface area contributed by atoms with Crippen molar-refractivity contribution >= 4 is 5.91 Å². The van der Waals surface area contributed by atoms with E-state index in [1.807, 2.05) is 0 Å². The predicted molar refractivity (Wildman–Crippen MR) is 86.4 cm³/mol. The van der Waals surface area contributed by atoms with Crippen LogP contribution in [-0.4, -0.2) is 32.2 Å². The van der Waals surface area contributed by atoms with Crippen LogP contribution in [0.2, 0.25) is 0 Å². The molecule has 1 atom stereocenters. The zero-order chi connectivity index (χ0) is 15.9. The third-order valence-corrected chi connectivity index (χ3v) is 3.94. The van der Waals surface area contributed by atoms with Crippen LogP contribution in [0.25, 0.3) is 0 Å². The summed E-state index contributed by atoms with van der Waals surface area (Å²) in [5.41, 5.74) is 6.30. The van der Waals surface area contributed by atoms with Gasteiger partial charge in [0.15, 0.2) is 11.5 Å². The number of benzene rings is 1. The molecule has 0 saturated heterocycles. The first-order chi connectivity index (χ1) is 10.7. The van der Waals surface area contributed by atoms with E-state index in [4.69, 9.17) is 15.2 Å². The first-order valence-electron chi connectivity index (χ1n) is 8.01. The molecular weight excluding hydrogens is 280 g/mol. The number of nitrogens with two attached hydrogens (primary N) is 1. The molecule has 122 valence electrons. The molecule has 0 aliphatic heterocycles. The third kappa shape index (κ3) is 4.37. The standard InChI is InChI=1S/C17H26N2O3/c1-3-4-9-22-15-8-7-13(10-16(15)21-2)17(20)19-14(11-18)12-5-6-12/h7-8,10,12,14H,3-6,9,11,18H2,1-2H3,(H,19,20). The minimum Gasteiger partial charge on any atom is -0.493 e. The lowest BCUT2D eigenvalue weighted by atomic mass is 10.1. The van der Waals surface area contributed by atoms with Gasteiger partial charge >= 0.3 is 0 Å². The van der Waals surface area contributed by atoms with Crippen molar-refractivity contribution in [3.05, 3.63) is 23.8 Å². The Labute approximate surface area is 132 Å². The molecule has 0 bridgehead atoms. The Hall–Kier alpha value is -1.75. The van der Waals surface area contributed by atoms with E-state index in [1.165, 1.54) is 0 Å². The van der Waals surface area contributed by atoms with Crippen molar-refractivity contribution in [3.63, 3.8) is 0 Å². The van der Waals surface area contributed by atoms with E-state index >= 15 is 0 Å². The molecule has 0 heterocycles. The average molecular weight is 306 g/mol. The van der Waals surface area contributed by atoms with Crippen molar-refractivity contribution in [1.82, 2.24) is 5.32 Å². The number of nitrogens with one attached hydrogen (secondary N) is 1. The fraction of sp³-hybridized carbons (Fsp3) is 0.588. The van der Waals surface area contributed by atoms with Crippen LogP contribution < -0.4 is 20.5 Å². The van der Waals surface area contributed by atoms with Gasteiger partial charge < -0.3 is 20.5 Å². The zero-order valence-corrected chi connectivity index (χ0v) is 13.4. The van der Waals surface area contributed by atoms with Crippen LogP contribution >= 0.6 is 0 Å². The van der Waals surface area contributed by atoms with Crippen molar-refractivity contribution in [3.8, 4) is 11.5 Å². The molecule has 2 rings (SSSR count). The molecule has 1 amide bonds. The summed E-state index contributed by atoms with van der Waals surface area (Å²) >= 11 is 0. The number of carbonyl (C=O) groups is 1. The molecule has 1 aromatic rings. The van der Waals surface area contributed by atoms with E-state index in [9.17, 15) is 4.79 Å². The van der Waals surface area contributed by atoms with Crippen molar-refractivity contribution in [2.24, 2.45) is 11.7 Å². The topological polar surface area (TPSA) is 73.6 Å². The summed E-state index contributed by atoms with van der Waals surface area (Å²) in [6.45, 7) is 3.24. The Bertz CT molecular complexity index is 501. The molecule has 1 aliphatic carbocycles. The number of unbranched alkanes of at least 4 members (excludes halogenated alkanes) is 1. The maximum Gasteiger partial charge on any atom is 0.251 e. The first kappa shape index (κ1) is 16.6. The van der Waals surface area contributed by atoms with Gasteiger partial charge in [0, 0.05) is 18.2 Å². The van der Waals surface area contributed by atoms with Crippen molar-refractivity contribution in [2.75, 3.05) is 20.3 Å². The van der Waals surface area contributed by atoms with Crippen molar-refractivity contribution in [2.45, 2.75) is 38.6 Å². The van der Waals surface area contributed by atoms with E-state index < -0.39 is 0 Å². The second-order valence-corrected chi connectivity index (χ2v) is 5.72. The fourth-order valence-electron chi connectivity index (χ4n) is 2.37. The molecular formula is C17H26N2O3. The minimum absolute atomic E-state index is 0.0685. The lowest BCUT2D eigenvalue weighted by Gasteiger charge is -2.17. The Balaban J connectivity index is 2.02. The summed E-state index contributed by atoms with van der Waals surface area (Å²) in [7, 11) is 1.58. The van der Waals surface area contributed by atoms with Gasteiger partial charge in [0.05, 0.1) is 13.7 Å². The number of carbonyl (C=O) groups excluding carboxylic acids is 1. The lowest BCUT2D eigenvalue weighted by molar-refractivity contribution is 0.0933. The predicted octanol–water partition coefficient (Wildman–Crippen LogP) is 2.34. The van der Waals surface area contributed by atoms with Gasteiger partial charge in [0.1, 0.15) is 0 Å². The summed E-state index contributed by atoms with van der Waals surface area (Å²) in [6.07, 6.45) is 4.36. The number of hydrogen-bond donors (Lipinski definition) is 2. The van der Waals surface area contributed by atoms with Crippen LogP contribution in [0.4, 0.5) is 0 Å². The number of hydrogen-bond acceptors (Lipinski definition) is 4. The van der Waals surface area contributed by atoms with E-state index in [0.29, 0.717) is 36.1 Å². The van der Waals surface area contributed by atoms with Crippen LogP contribution in [0.3, 0.4) is 0 Å². The smallest absolute Gasteiger partial charge is 0.251 e. The van der Waals surface area contributed by atoms with Crippen LogP contribution in [0.5, 0.6) is 11.5 Å². The normalized spacial score (nSPS) is 15.2. The maximum absolute atomic E-state index is 12.3.